The van der Waals surface area contributed by atoms with Crippen LogP contribution in [-0.4, -0.2) is 37.9 Å². The summed E-state index contributed by atoms with van der Waals surface area (Å²) < 4.78 is 17.4. The normalized spacial score (nSPS) is 13.2. The Balaban J connectivity index is 4.35. The molecule has 0 saturated heterocycles. The Labute approximate surface area is 420 Å². The van der Waals surface area contributed by atoms with Crippen molar-refractivity contribution in [3.8, 4) is 0 Å². The van der Waals surface area contributed by atoms with Gasteiger partial charge in [0.15, 0.2) is 6.10 Å². The van der Waals surface area contributed by atoms with Gasteiger partial charge in [-0.3, -0.25) is 9.59 Å². The second-order valence-electron chi connectivity index (χ2n) is 18.0. The van der Waals surface area contributed by atoms with Gasteiger partial charge in [-0.25, -0.2) is 0 Å². The van der Waals surface area contributed by atoms with Crippen LogP contribution in [0.5, 0.6) is 0 Å². The molecule has 0 bridgehead atoms. The molecule has 0 N–H and O–H groups in total. The van der Waals surface area contributed by atoms with E-state index in [9.17, 15) is 9.59 Å². The average Bonchev–Trinajstić information content (AvgIpc) is 3.34. The molecule has 0 saturated carbocycles. The van der Waals surface area contributed by atoms with Gasteiger partial charge in [-0.05, 0) is 122 Å². The highest BCUT2D eigenvalue weighted by Crippen LogP contribution is 2.14. The van der Waals surface area contributed by atoms with Gasteiger partial charge in [-0.15, -0.1) is 0 Å². The molecule has 386 valence electrons. The van der Waals surface area contributed by atoms with E-state index in [1.54, 1.807) is 0 Å². The fraction of sp³-hybridized carbons (Fsp3) is 0.651. The summed E-state index contributed by atoms with van der Waals surface area (Å²) in [4.78, 5) is 25.5. The Morgan fingerprint density at radius 3 is 0.985 bits per heavy atom. The zero-order chi connectivity index (χ0) is 49.2. The van der Waals surface area contributed by atoms with Crippen LogP contribution in [0.25, 0.3) is 0 Å². The van der Waals surface area contributed by atoms with E-state index in [4.69, 9.17) is 14.2 Å². The van der Waals surface area contributed by atoms with Crippen molar-refractivity contribution in [1.29, 1.82) is 0 Å². The maximum absolute atomic E-state index is 12.8. The molecule has 0 amide bonds. The highest BCUT2D eigenvalue weighted by Gasteiger charge is 2.17. The molecule has 0 aromatic carbocycles. The summed E-state index contributed by atoms with van der Waals surface area (Å²) in [7, 11) is 0. The first-order chi connectivity index (χ1) is 33.6. The molecule has 0 aliphatic rings. The van der Waals surface area contributed by atoms with Crippen LogP contribution in [0.1, 0.15) is 239 Å². The van der Waals surface area contributed by atoms with Crippen LogP contribution >= 0.6 is 0 Å². The molecule has 68 heavy (non-hydrogen) atoms. The molecule has 0 aliphatic carbocycles. The summed E-state index contributed by atoms with van der Waals surface area (Å²) in [6, 6.07) is 0. The van der Waals surface area contributed by atoms with Crippen LogP contribution in [0.2, 0.25) is 0 Å². The molecule has 0 fully saturated rings. The van der Waals surface area contributed by atoms with Crippen molar-refractivity contribution < 1.29 is 23.8 Å². The third-order valence-electron chi connectivity index (χ3n) is 11.5. The SMILES string of the molecule is CC/C=C\C/C=C\C/C=C\C/C=C\CCCCCCCCCOCC(COC(=O)CCCCCCCCC/C=C\C/C=C\C/C=C\CC)OC(=O)CCCCCCC/C=C\C/C=C\C/C=C\CC. The van der Waals surface area contributed by atoms with Gasteiger partial charge in [0.2, 0.25) is 0 Å². The fourth-order valence-electron chi connectivity index (χ4n) is 7.41. The van der Waals surface area contributed by atoms with Crippen molar-refractivity contribution in [3.05, 3.63) is 122 Å². The van der Waals surface area contributed by atoms with Crippen LogP contribution in [0.15, 0.2) is 122 Å². The highest BCUT2D eigenvalue weighted by molar-refractivity contribution is 5.70. The minimum atomic E-state index is -0.564. The Kier molecular flexibility index (Phi) is 54.5. The lowest BCUT2D eigenvalue weighted by Gasteiger charge is -2.18. The smallest absolute Gasteiger partial charge is 0.306 e. The van der Waals surface area contributed by atoms with Gasteiger partial charge in [0.05, 0.1) is 6.61 Å². The number of unbranched alkanes of at least 4 members (excludes halogenated alkanes) is 19. The van der Waals surface area contributed by atoms with Gasteiger partial charge < -0.3 is 14.2 Å². The Morgan fingerprint density at radius 1 is 0.324 bits per heavy atom. The third-order valence-corrected chi connectivity index (χ3v) is 11.5. The molecule has 0 rings (SSSR count). The average molecular weight is 942 g/mol. The fourth-order valence-corrected chi connectivity index (χ4v) is 7.41. The first-order valence-corrected chi connectivity index (χ1v) is 28.1. The van der Waals surface area contributed by atoms with Crippen molar-refractivity contribution in [1.82, 2.24) is 0 Å². The maximum atomic E-state index is 12.8. The quantitative estimate of drug-likeness (QED) is 0.0345. The number of allylic oxidation sites excluding steroid dienone is 20. The van der Waals surface area contributed by atoms with Gasteiger partial charge in [-0.1, -0.05) is 226 Å². The van der Waals surface area contributed by atoms with Crippen LogP contribution in [0.3, 0.4) is 0 Å². The number of esters is 2. The largest absolute Gasteiger partial charge is 0.462 e. The molecule has 0 radical (unpaired) electrons. The van der Waals surface area contributed by atoms with Crippen LogP contribution in [-0.2, 0) is 23.8 Å². The number of hydrogen-bond donors (Lipinski definition) is 0. The predicted molar refractivity (Wildman–Crippen MR) is 297 cm³/mol. The summed E-state index contributed by atoms with van der Waals surface area (Å²) in [5, 5.41) is 0. The lowest BCUT2D eigenvalue weighted by molar-refractivity contribution is -0.163. The van der Waals surface area contributed by atoms with E-state index in [2.05, 4.69) is 142 Å². The van der Waals surface area contributed by atoms with E-state index < -0.39 is 6.10 Å². The van der Waals surface area contributed by atoms with E-state index in [-0.39, 0.29) is 25.2 Å². The summed E-state index contributed by atoms with van der Waals surface area (Å²) >= 11 is 0. The monoisotopic (exact) mass is 941 g/mol. The van der Waals surface area contributed by atoms with Crippen LogP contribution < -0.4 is 0 Å². The summed E-state index contributed by atoms with van der Waals surface area (Å²) in [6.45, 7) is 7.44. The molecule has 1 atom stereocenters. The molecular formula is C63H104O5. The topological polar surface area (TPSA) is 61.8 Å². The lowest BCUT2D eigenvalue weighted by Crippen LogP contribution is -2.30. The predicted octanol–water partition coefficient (Wildman–Crippen LogP) is 19.3. The molecule has 0 aromatic heterocycles. The van der Waals surface area contributed by atoms with Gasteiger partial charge >= 0.3 is 11.9 Å². The minimum Gasteiger partial charge on any atom is -0.462 e. The van der Waals surface area contributed by atoms with E-state index >= 15 is 0 Å². The Morgan fingerprint density at radius 2 is 0.618 bits per heavy atom. The van der Waals surface area contributed by atoms with Crippen molar-refractivity contribution in [2.45, 2.75) is 245 Å². The van der Waals surface area contributed by atoms with Crippen molar-refractivity contribution >= 4 is 11.9 Å². The number of carbonyl (C=O) groups is 2. The second kappa shape index (κ2) is 57.6. The summed E-state index contributed by atoms with van der Waals surface area (Å²) in [5.41, 5.74) is 0. The second-order valence-corrected chi connectivity index (χ2v) is 18.0. The van der Waals surface area contributed by atoms with Crippen molar-refractivity contribution in [2.75, 3.05) is 19.8 Å². The summed E-state index contributed by atoms with van der Waals surface area (Å²) in [5.74, 6) is -0.438. The standard InChI is InChI=1S/C63H104O5/c1-4-7-10-13-16-19-22-25-28-30-31-32-34-37-40-43-46-49-52-55-58-66-59-61(68-63(65)57-54-51-48-45-42-39-35-27-24-21-18-15-12-9-6-3)60-67-62(64)56-53-50-47-44-41-38-36-33-29-26-23-20-17-14-11-8-5-2/h7-12,16-21,25-29,31-32,35,61H,4-6,13-15,22-24,30,33-34,36-60H2,1-3H3/b10-7-,11-8-,12-9-,19-16-,20-17-,21-18-,28-25-,29-26-,32-31-,35-27-. The molecule has 0 heterocycles. The zero-order valence-corrected chi connectivity index (χ0v) is 44.3. The van der Waals surface area contributed by atoms with Crippen LogP contribution in [0, 0.1) is 0 Å². The molecule has 1 unspecified atom stereocenters. The molecule has 5 nitrogen and oxygen atoms in total. The van der Waals surface area contributed by atoms with Crippen molar-refractivity contribution in [2.24, 2.45) is 0 Å². The minimum absolute atomic E-state index is 0.0612. The first-order valence-electron chi connectivity index (χ1n) is 28.1. The van der Waals surface area contributed by atoms with Gasteiger partial charge in [-0.2, -0.15) is 0 Å². The molecule has 0 aliphatic heterocycles. The number of ether oxygens (including phenoxy) is 3. The van der Waals surface area contributed by atoms with Gasteiger partial charge in [0.25, 0.3) is 0 Å². The molecule has 5 heteroatoms. The van der Waals surface area contributed by atoms with E-state index in [1.807, 2.05) is 0 Å². The molecule has 0 spiro atoms. The van der Waals surface area contributed by atoms with Crippen molar-refractivity contribution in [3.63, 3.8) is 0 Å². The maximum Gasteiger partial charge on any atom is 0.306 e. The van der Waals surface area contributed by atoms with Crippen LogP contribution in [0.4, 0.5) is 0 Å². The van der Waals surface area contributed by atoms with Gasteiger partial charge in [0, 0.05) is 19.4 Å². The third kappa shape index (κ3) is 54.9. The number of carbonyl (C=O) groups excluding carboxylic acids is 2. The number of rotatable bonds is 50. The summed E-state index contributed by atoms with van der Waals surface area (Å²) in [6.07, 6.45) is 80.7. The van der Waals surface area contributed by atoms with E-state index in [0.29, 0.717) is 19.4 Å². The lowest BCUT2D eigenvalue weighted by atomic mass is 10.1. The Hall–Kier alpha value is -3.70. The zero-order valence-electron chi connectivity index (χ0n) is 44.3. The van der Waals surface area contributed by atoms with E-state index in [1.165, 1.54) is 70.6 Å². The number of hydrogen-bond acceptors (Lipinski definition) is 5. The molecule has 0 aromatic rings. The highest BCUT2D eigenvalue weighted by atomic mass is 16.6. The molecular weight excluding hydrogens is 837 g/mol. The first kappa shape index (κ1) is 64.3. The van der Waals surface area contributed by atoms with Gasteiger partial charge in [0.1, 0.15) is 6.61 Å². The van der Waals surface area contributed by atoms with E-state index in [0.717, 1.165) is 135 Å². The Bertz CT molecular complexity index is 1390.